The number of nitrogens with one attached hydrogen (secondary N) is 2. The van der Waals surface area contributed by atoms with Gasteiger partial charge in [-0.1, -0.05) is 0 Å². The lowest BCUT2D eigenvalue weighted by molar-refractivity contribution is 0.0527. The number of esters is 1. The average molecular weight is 394 g/mol. The summed E-state index contributed by atoms with van der Waals surface area (Å²) >= 11 is 0. The van der Waals surface area contributed by atoms with E-state index in [-0.39, 0.29) is 23.9 Å². The van der Waals surface area contributed by atoms with Crippen LogP contribution in [0.15, 0.2) is 36.5 Å². The van der Waals surface area contributed by atoms with Crippen LogP contribution in [0.2, 0.25) is 0 Å². The Hall–Kier alpha value is -3.75. The van der Waals surface area contributed by atoms with Crippen LogP contribution in [-0.2, 0) is 11.8 Å². The fraction of sp³-hybridized carbons (Fsp3) is 0.250. The summed E-state index contributed by atoms with van der Waals surface area (Å²) in [6, 6.07) is 8.74. The molecule has 0 aliphatic rings. The van der Waals surface area contributed by atoms with Crippen LogP contribution in [0, 0.1) is 13.8 Å². The molecule has 1 aromatic carbocycles. The summed E-state index contributed by atoms with van der Waals surface area (Å²) < 4.78 is 6.41. The van der Waals surface area contributed by atoms with E-state index in [1.807, 2.05) is 19.9 Å². The Balaban J connectivity index is 1.73. The number of hydrogen-bond acceptors (Lipinski definition) is 7. The molecule has 0 fully saturated rings. The van der Waals surface area contributed by atoms with Gasteiger partial charge in [-0.15, -0.1) is 0 Å². The number of aryl methyl sites for hydroxylation is 3. The molecule has 2 aromatic heterocycles. The number of ether oxygens (including phenoxy) is 1. The minimum Gasteiger partial charge on any atom is -0.462 e. The average Bonchev–Trinajstić information content (AvgIpc) is 3.02. The summed E-state index contributed by atoms with van der Waals surface area (Å²) in [7, 11) is 1.63. The Morgan fingerprint density at radius 3 is 2.38 bits per heavy atom. The molecule has 150 valence electrons. The molecule has 0 saturated carbocycles. The molecule has 9 heteroatoms. The number of nitrogens with zero attached hydrogens (tertiary/aromatic N) is 4. The van der Waals surface area contributed by atoms with Gasteiger partial charge >= 0.3 is 5.97 Å². The molecule has 0 atom stereocenters. The Kier molecular flexibility index (Phi) is 5.87. The molecule has 3 rings (SSSR count). The highest BCUT2D eigenvalue weighted by Gasteiger charge is 2.19. The van der Waals surface area contributed by atoms with Crippen LogP contribution in [0.1, 0.15) is 39.0 Å². The second-order valence-electron chi connectivity index (χ2n) is 6.38. The zero-order chi connectivity index (χ0) is 21.0. The summed E-state index contributed by atoms with van der Waals surface area (Å²) in [6.45, 7) is 5.75. The molecule has 0 bridgehead atoms. The first-order valence-corrected chi connectivity index (χ1v) is 9.07. The van der Waals surface area contributed by atoms with Gasteiger partial charge in [-0.05, 0) is 51.1 Å². The topological polar surface area (TPSA) is 111 Å². The lowest BCUT2D eigenvalue weighted by Gasteiger charge is -2.10. The SMILES string of the molecule is CCOC(=O)c1cnn(C)c1NC(=O)c1ccc(Nc2nc(C)cc(C)n2)cc1. The van der Waals surface area contributed by atoms with Crippen molar-refractivity contribution >= 4 is 29.3 Å². The third-order valence-electron chi connectivity index (χ3n) is 4.05. The lowest BCUT2D eigenvalue weighted by atomic mass is 10.2. The van der Waals surface area contributed by atoms with Crippen molar-refractivity contribution in [3.05, 3.63) is 59.0 Å². The van der Waals surface area contributed by atoms with Crippen molar-refractivity contribution in [1.82, 2.24) is 19.7 Å². The number of hydrogen-bond donors (Lipinski definition) is 2. The first-order valence-electron chi connectivity index (χ1n) is 9.07. The van der Waals surface area contributed by atoms with E-state index in [9.17, 15) is 9.59 Å². The maximum Gasteiger partial charge on any atom is 0.343 e. The van der Waals surface area contributed by atoms with Crippen molar-refractivity contribution in [2.45, 2.75) is 20.8 Å². The van der Waals surface area contributed by atoms with Crippen molar-refractivity contribution in [2.75, 3.05) is 17.2 Å². The van der Waals surface area contributed by atoms with Crippen LogP contribution < -0.4 is 10.6 Å². The van der Waals surface area contributed by atoms with E-state index in [2.05, 4.69) is 25.7 Å². The fourth-order valence-electron chi connectivity index (χ4n) is 2.74. The van der Waals surface area contributed by atoms with Gasteiger partial charge in [0.2, 0.25) is 5.95 Å². The van der Waals surface area contributed by atoms with Crippen LogP contribution in [0.5, 0.6) is 0 Å². The molecule has 2 N–H and O–H groups in total. The Morgan fingerprint density at radius 2 is 1.76 bits per heavy atom. The smallest absolute Gasteiger partial charge is 0.343 e. The fourth-order valence-corrected chi connectivity index (χ4v) is 2.74. The number of aromatic nitrogens is 4. The maximum atomic E-state index is 12.6. The molecule has 1 amide bonds. The van der Waals surface area contributed by atoms with E-state index in [0.717, 1.165) is 17.1 Å². The second kappa shape index (κ2) is 8.51. The molecular weight excluding hydrogens is 372 g/mol. The first-order chi connectivity index (χ1) is 13.9. The van der Waals surface area contributed by atoms with Gasteiger partial charge in [-0.3, -0.25) is 9.48 Å². The van der Waals surface area contributed by atoms with Gasteiger partial charge in [0.15, 0.2) is 0 Å². The zero-order valence-electron chi connectivity index (χ0n) is 16.7. The van der Waals surface area contributed by atoms with E-state index in [1.165, 1.54) is 10.9 Å². The Labute approximate surface area is 168 Å². The third kappa shape index (κ3) is 4.75. The highest BCUT2D eigenvalue weighted by Crippen LogP contribution is 2.19. The van der Waals surface area contributed by atoms with Crippen LogP contribution in [0.25, 0.3) is 0 Å². The molecule has 0 spiro atoms. The van der Waals surface area contributed by atoms with Gasteiger partial charge < -0.3 is 15.4 Å². The maximum absolute atomic E-state index is 12.6. The Morgan fingerprint density at radius 1 is 1.10 bits per heavy atom. The summed E-state index contributed by atoms with van der Waals surface area (Å²) in [5.41, 5.74) is 3.11. The van der Waals surface area contributed by atoms with Gasteiger partial charge in [-0.2, -0.15) is 5.10 Å². The van der Waals surface area contributed by atoms with Gasteiger partial charge in [0.25, 0.3) is 5.91 Å². The summed E-state index contributed by atoms with van der Waals surface area (Å²) in [5, 5.41) is 9.85. The summed E-state index contributed by atoms with van der Waals surface area (Å²) in [4.78, 5) is 33.3. The number of carbonyl (C=O) groups excluding carboxylic acids is 2. The number of carbonyl (C=O) groups is 2. The number of amides is 1. The molecule has 0 saturated heterocycles. The highest BCUT2D eigenvalue weighted by molar-refractivity contribution is 6.07. The molecule has 0 aliphatic carbocycles. The second-order valence-corrected chi connectivity index (χ2v) is 6.38. The summed E-state index contributed by atoms with van der Waals surface area (Å²) in [5.74, 6) is -0.134. The molecule has 9 nitrogen and oxygen atoms in total. The van der Waals surface area contributed by atoms with Gasteiger partial charge in [-0.25, -0.2) is 14.8 Å². The zero-order valence-corrected chi connectivity index (χ0v) is 16.7. The van der Waals surface area contributed by atoms with E-state index in [0.29, 0.717) is 11.5 Å². The van der Waals surface area contributed by atoms with Crippen molar-refractivity contribution in [3.8, 4) is 0 Å². The largest absolute Gasteiger partial charge is 0.462 e. The molecule has 29 heavy (non-hydrogen) atoms. The molecule has 0 unspecified atom stereocenters. The molecule has 0 aliphatic heterocycles. The third-order valence-corrected chi connectivity index (χ3v) is 4.05. The van der Waals surface area contributed by atoms with Crippen molar-refractivity contribution < 1.29 is 14.3 Å². The quantitative estimate of drug-likeness (QED) is 0.618. The molecular formula is C20H22N6O3. The van der Waals surface area contributed by atoms with Crippen LogP contribution in [0.3, 0.4) is 0 Å². The van der Waals surface area contributed by atoms with Crippen LogP contribution in [0.4, 0.5) is 17.5 Å². The van der Waals surface area contributed by atoms with E-state index in [1.54, 1.807) is 38.2 Å². The van der Waals surface area contributed by atoms with E-state index >= 15 is 0 Å². The minimum atomic E-state index is -0.538. The summed E-state index contributed by atoms with van der Waals surface area (Å²) in [6.07, 6.45) is 1.37. The van der Waals surface area contributed by atoms with Gasteiger partial charge in [0, 0.05) is 29.7 Å². The van der Waals surface area contributed by atoms with Crippen molar-refractivity contribution in [3.63, 3.8) is 0 Å². The van der Waals surface area contributed by atoms with Gasteiger partial charge in [0.05, 0.1) is 12.8 Å². The normalized spacial score (nSPS) is 10.5. The van der Waals surface area contributed by atoms with E-state index in [4.69, 9.17) is 4.74 Å². The van der Waals surface area contributed by atoms with Gasteiger partial charge in [0.1, 0.15) is 11.4 Å². The number of anilines is 3. The number of rotatable bonds is 6. The molecule has 0 radical (unpaired) electrons. The van der Waals surface area contributed by atoms with E-state index < -0.39 is 5.97 Å². The highest BCUT2D eigenvalue weighted by atomic mass is 16.5. The monoisotopic (exact) mass is 394 g/mol. The Bertz CT molecular complexity index is 1020. The first kappa shape index (κ1) is 20.0. The van der Waals surface area contributed by atoms with Crippen LogP contribution in [-0.4, -0.2) is 38.2 Å². The standard InChI is InChI=1S/C20H22N6O3/c1-5-29-19(28)16-11-21-26(4)17(16)25-18(27)14-6-8-15(9-7-14)24-20-22-12(2)10-13(3)23-20/h6-11H,5H2,1-4H3,(H,25,27)(H,22,23,24). The minimum absolute atomic E-state index is 0.202. The van der Waals surface area contributed by atoms with Crippen LogP contribution >= 0.6 is 0 Å². The lowest BCUT2D eigenvalue weighted by Crippen LogP contribution is -2.17. The van der Waals surface area contributed by atoms with Crippen molar-refractivity contribution in [1.29, 1.82) is 0 Å². The molecule has 3 aromatic rings. The molecule has 2 heterocycles. The predicted molar refractivity (Wildman–Crippen MR) is 108 cm³/mol. The van der Waals surface area contributed by atoms with Crippen molar-refractivity contribution in [2.24, 2.45) is 7.05 Å². The number of benzene rings is 1. The predicted octanol–water partition coefficient (Wildman–Crippen LogP) is 3.00.